The van der Waals surface area contributed by atoms with Gasteiger partial charge in [-0.3, -0.25) is 14.4 Å². The summed E-state index contributed by atoms with van der Waals surface area (Å²) < 4.78 is 10.1. The van der Waals surface area contributed by atoms with Crippen LogP contribution in [0.4, 0.5) is 4.79 Å². The molecule has 1 aromatic carbocycles. The Balaban J connectivity index is 2.24. The molecule has 0 aromatic heterocycles. The third-order valence-electron chi connectivity index (χ3n) is 5.44. The van der Waals surface area contributed by atoms with E-state index in [1.54, 1.807) is 32.6 Å². The van der Waals surface area contributed by atoms with Crippen LogP contribution in [0.1, 0.15) is 64.6 Å². The van der Waals surface area contributed by atoms with Crippen molar-refractivity contribution in [3.8, 4) is 0 Å². The fourth-order valence-electron chi connectivity index (χ4n) is 3.69. The second-order valence-corrected chi connectivity index (χ2v) is 9.54. The number of aryl methyl sites for hydroxylation is 1. The molecule has 188 valence electrons. The van der Waals surface area contributed by atoms with Gasteiger partial charge in [-0.2, -0.15) is 0 Å². The summed E-state index contributed by atoms with van der Waals surface area (Å²) in [5, 5.41) is 5.28. The quantitative estimate of drug-likeness (QED) is 0.503. The Hall–Kier alpha value is -3.10. The molecular weight excluding hydrogens is 438 g/mol. The van der Waals surface area contributed by atoms with Crippen LogP contribution < -0.4 is 10.6 Å². The van der Waals surface area contributed by atoms with Crippen LogP contribution in [0.2, 0.25) is 0 Å². The van der Waals surface area contributed by atoms with Crippen LogP contribution in [0, 0.1) is 12.8 Å². The fraction of sp³-hybridized carbons (Fsp3) is 0.600. The first-order chi connectivity index (χ1) is 15.9. The number of benzene rings is 1. The number of hydrogen-bond acceptors (Lipinski definition) is 6. The maximum absolute atomic E-state index is 13.4. The highest BCUT2D eigenvalue weighted by Crippen LogP contribution is 2.40. The molecule has 0 heterocycles. The fourth-order valence-corrected chi connectivity index (χ4v) is 3.69. The number of esters is 1. The number of rotatable bonds is 10. The standard InChI is InChI=1S/C25H37N3O6/c1-7-33-21(30)12-13-26-23(31)22(18-11-9-8-10-16(18)2)28(19-14-17(19)3)20(29)15-27-24(32)34-25(4,5)6/h8-11,17,19,22H,7,12-15H2,1-6H3,(H,26,31)(H,27,32). The van der Waals surface area contributed by atoms with Gasteiger partial charge in [0.1, 0.15) is 18.2 Å². The molecular formula is C25H37N3O6. The molecule has 2 N–H and O–H groups in total. The van der Waals surface area contributed by atoms with Gasteiger partial charge in [0, 0.05) is 12.6 Å². The molecule has 1 saturated carbocycles. The lowest BCUT2D eigenvalue weighted by Crippen LogP contribution is -2.49. The number of ether oxygens (including phenoxy) is 2. The molecule has 0 radical (unpaired) electrons. The Morgan fingerprint density at radius 3 is 2.35 bits per heavy atom. The van der Waals surface area contributed by atoms with E-state index in [0.29, 0.717) is 5.56 Å². The number of hydrogen-bond donors (Lipinski definition) is 2. The van der Waals surface area contributed by atoms with Crippen molar-refractivity contribution in [3.63, 3.8) is 0 Å². The van der Waals surface area contributed by atoms with Gasteiger partial charge in [0.15, 0.2) is 0 Å². The Morgan fingerprint density at radius 2 is 1.79 bits per heavy atom. The van der Waals surface area contributed by atoms with E-state index in [0.717, 1.165) is 12.0 Å². The van der Waals surface area contributed by atoms with E-state index in [2.05, 4.69) is 10.6 Å². The van der Waals surface area contributed by atoms with E-state index >= 15 is 0 Å². The second kappa shape index (κ2) is 11.9. The van der Waals surface area contributed by atoms with Crippen molar-refractivity contribution in [1.29, 1.82) is 0 Å². The van der Waals surface area contributed by atoms with Crippen LogP contribution >= 0.6 is 0 Å². The van der Waals surface area contributed by atoms with Gasteiger partial charge in [-0.05, 0) is 58.1 Å². The second-order valence-electron chi connectivity index (χ2n) is 9.54. The highest BCUT2D eigenvalue weighted by molar-refractivity contribution is 5.91. The van der Waals surface area contributed by atoms with Crippen molar-refractivity contribution in [1.82, 2.24) is 15.5 Å². The Kier molecular flexibility index (Phi) is 9.46. The summed E-state index contributed by atoms with van der Waals surface area (Å²) in [6.07, 6.45) is 0.0982. The molecule has 0 spiro atoms. The van der Waals surface area contributed by atoms with Crippen LogP contribution in [-0.2, 0) is 23.9 Å². The minimum Gasteiger partial charge on any atom is -0.466 e. The Labute approximate surface area is 201 Å². The van der Waals surface area contributed by atoms with E-state index < -0.39 is 23.7 Å². The van der Waals surface area contributed by atoms with Crippen molar-refractivity contribution < 1.29 is 28.7 Å². The summed E-state index contributed by atoms with van der Waals surface area (Å²) in [4.78, 5) is 52.1. The number of alkyl carbamates (subject to hydrolysis) is 1. The summed E-state index contributed by atoms with van der Waals surface area (Å²) in [5.74, 6) is -0.942. The number of nitrogens with one attached hydrogen (secondary N) is 2. The van der Waals surface area contributed by atoms with E-state index in [1.807, 2.05) is 38.1 Å². The van der Waals surface area contributed by atoms with Crippen LogP contribution in [0.3, 0.4) is 0 Å². The lowest BCUT2D eigenvalue weighted by atomic mass is 9.98. The normalized spacial score (nSPS) is 17.8. The molecule has 0 aliphatic heterocycles. The summed E-state index contributed by atoms with van der Waals surface area (Å²) in [7, 11) is 0. The average Bonchev–Trinajstić information content (AvgIpc) is 3.45. The molecule has 1 aliphatic carbocycles. The highest BCUT2D eigenvalue weighted by Gasteiger charge is 2.46. The van der Waals surface area contributed by atoms with Crippen LogP contribution in [0.5, 0.6) is 0 Å². The zero-order valence-corrected chi connectivity index (χ0v) is 21.0. The van der Waals surface area contributed by atoms with Crippen LogP contribution in [0.25, 0.3) is 0 Å². The molecule has 0 bridgehead atoms. The van der Waals surface area contributed by atoms with Gasteiger partial charge in [-0.1, -0.05) is 31.2 Å². The zero-order valence-electron chi connectivity index (χ0n) is 21.0. The maximum atomic E-state index is 13.4. The first-order valence-corrected chi connectivity index (χ1v) is 11.7. The predicted molar refractivity (Wildman–Crippen MR) is 127 cm³/mol. The lowest BCUT2D eigenvalue weighted by molar-refractivity contribution is -0.144. The van der Waals surface area contributed by atoms with Crippen molar-refractivity contribution in [2.24, 2.45) is 5.92 Å². The van der Waals surface area contributed by atoms with E-state index in [4.69, 9.17) is 9.47 Å². The topological polar surface area (TPSA) is 114 Å². The summed E-state index contributed by atoms with van der Waals surface area (Å²) in [5.41, 5.74) is 0.862. The van der Waals surface area contributed by atoms with Crippen LogP contribution in [-0.4, -0.2) is 60.1 Å². The SMILES string of the molecule is CCOC(=O)CCNC(=O)C(c1ccccc1C)N(C(=O)CNC(=O)OC(C)(C)C)C1CC1C. The third-order valence-corrected chi connectivity index (χ3v) is 5.44. The number of amides is 3. The largest absolute Gasteiger partial charge is 0.466 e. The van der Waals surface area contributed by atoms with Gasteiger partial charge in [0.05, 0.1) is 13.0 Å². The number of carbonyl (C=O) groups is 4. The monoisotopic (exact) mass is 475 g/mol. The van der Waals surface area contributed by atoms with Gasteiger partial charge in [0.25, 0.3) is 0 Å². The van der Waals surface area contributed by atoms with E-state index in [9.17, 15) is 19.2 Å². The Bertz CT molecular complexity index is 895. The van der Waals surface area contributed by atoms with E-state index in [1.165, 1.54) is 0 Å². The molecule has 3 atom stereocenters. The van der Waals surface area contributed by atoms with Gasteiger partial charge < -0.3 is 25.0 Å². The molecule has 3 amide bonds. The van der Waals surface area contributed by atoms with Gasteiger partial charge in [-0.15, -0.1) is 0 Å². The first kappa shape index (κ1) is 27.1. The molecule has 9 heteroatoms. The highest BCUT2D eigenvalue weighted by atomic mass is 16.6. The van der Waals surface area contributed by atoms with Gasteiger partial charge in [0.2, 0.25) is 11.8 Å². The van der Waals surface area contributed by atoms with Gasteiger partial charge >= 0.3 is 12.1 Å². The molecule has 1 fully saturated rings. The summed E-state index contributed by atoms with van der Waals surface area (Å²) in [6, 6.07) is 6.36. The molecule has 1 aromatic rings. The maximum Gasteiger partial charge on any atom is 0.408 e. The Morgan fingerprint density at radius 1 is 1.15 bits per heavy atom. The summed E-state index contributed by atoms with van der Waals surface area (Å²) >= 11 is 0. The number of nitrogens with zero attached hydrogens (tertiary/aromatic N) is 1. The van der Waals surface area contributed by atoms with Crippen molar-refractivity contribution >= 4 is 23.9 Å². The first-order valence-electron chi connectivity index (χ1n) is 11.7. The molecule has 0 saturated heterocycles. The number of carbonyl (C=O) groups excluding carboxylic acids is 4. The molecule has 1 aliphatic rings. The predicted octanol–water partition coefficient (Wildman–Crippen LogP) is 2.87. The molecule has 3 unspecified atom stereocenters. The minimum absolute atomic E-state index is 0.0358. The smallest absolute Gasteiger partial charge is 0.408 e. The minimum atomic E-state index is -0.897. The molecule has 34 heavy (non-hydrogen) atoms. The van der Waals surface area contributed by atoms with Crippen LogP contribution in [0.15, 0.2) is 24.3 Å². The summed E-state index contributed by atoms with van der Waals surface area (Å²) in [6.45, 7) is 10.9. The van der Waals surface area contributed by atoms with Crippen molar-refractivity contribution in [3.05, 3.63) is 35.4 Å². The molecule has 9 nitrogen and oxygen atoms in total. The van der Waals surface area contributed by atoms with E-state index in [-0.39, 0.29) is 49.9 Å². The van der Waals surface area contributed by atoms with Crippen molar-refractivity contribution in [2.45, 2.75) is 72.1 Å². The van der Waals surface area contributed by atoms with Crippen molar-refractivity contribution in [2.75, 3.05) is 19.7 Å². The molecule has 2 rings (SSSR count). The van der Waals surface area contributed by atoms with Gasteiger partial charge in [-0.25, -0.2) is 4.79 Å². The lowest BCUT2D eigenvalue weighted by Gasteiger charge is -2.33. The zero-order chi connectivity index (χ0) is 25.5. The average molecular weight is 476 g/mol. The third kappa shape index (κ3) is 8.04.